The summed E-state index contributed by atoms with van der Waals surface area (Å²) in [5, 5.41) is 4.12. The molecule has 0 aliphatic carbocycles. The Morgan fingerprint density at radius 3 is 2.41 bits per heavy atom. The normalized spacial score (nSPS) is 15.6. The Hall–Kier alpha value is -1.63. The van der Waals surface area contributed by atoms with Gasteiger partial charge in [0, 0.05) is 15.6 Å². The van der Waals surface area contributed by atoms with E-state index in [1.165, 1.54) is 18.2 Å². The molecule has 0 spiro atoms. The molecule has 0 amide bonds. The van der Waals surface area contributed by atoms with Crippen LogP contribution >= 0.6 is 23.2 Å². The first kappa shape index (κ1) is 20.1. The van der Waals surface area contributed by atoms with Gasteiger partial charge >= 0.3 is 6.36 Å². The minimum absolute atomic E-state index is 0.0365. The third kappa shape index (κ3) is 5.67. The van der Waals surface area contributed by atoms with Gasteiger partial charge in [0.1, 0.15) is 0 Å². The Morgan fingerprint density at radius 1 is 1.00 bits per heavy atom. The maximum absolute atomic E-state index is 12.7. The van der Waals surface area contributed by atoms with E-state index in [1.807, 2.05) is 0 Å². The fraction of sp³-hybridized carbons (Fsp3) is 0.368. The quantitative estimate of drug-likeness (QED) is 0.650. The minimum Gasteiger partial charge on any atom is -0.489 e. The van der Waals surface area contributed by atoms with Gasteiger partial charge in [-0.1, -0.05) is 35.3 Å². The molecular weight excluding hydrogens is 402 g/mol. The topological polar surface area (TPSA) is 30.5 Å². The molecule has 3 nitrogen and oxygen atoms in total. The molecule has 146 valence electrons. The molecule has 8 heteroatoms. The molecule has 1 aliphatic rings. The summed E-state index contributed by atoms with van der Waals surface area (Å²) in [5.41, 5.74) is 1.26. The fourth-order valence-electron chi connectivity index (χ4n) is 2.98. The van der Waals surface area contributed by atoms with Crippen molar-refractivity contribution in [1.29, 1.82) is 0 Å². The zero-order chi connectivity index (χ0) is 19.4. The van der Waals surface area contributed by atoms with Crippen molar-refractivity contribution in [2.75, 3.05) is 19.7 Å². The summed E-state index contributed by atoms with van der Waals surface area (Å²) in [4.78, 5) is 0. The van der Waals surface area contributed by atoms with Crippen molar-refractivity contribution in [1.82, 2.24) is 5.32 Å². The highest BCUT2D eigenvalue weighted by molar-refractivity contribution is 6.36. The van der Waals surface area contributed by atoms with Crippen LogP contribution in [0, 0.1) is 5.92 Å². The average molecular weight is 420 g/mol. The van der Waals surface area contributed by atoms with Crippen molar-refractivity contribution in [2.45, 2.75) is 19.2 Å². The zero-order valence-corrected chi connectivity index (χ0v) is 15.8. The van der Waals surface area contributed by atoms with Crippen molar-refractivity contribution in [3.8, 4) is 22.6 Å². The third-order valence-corrected chi connectivity index (χ3v) is 4.89. The molecule has 1 heterocycles. The standard InChI is InChI=1S/C19H18Cl2F3NO2/c20-14-2-3-15(16(21)10-14)13-1-4-17(27-19(22,23)24)18(9-13)26-11-12-5-7-25-8-6-12/h1-4,9-10,12,25H,5-8,11H2. The molecule has 1 fully saturated rings. The molecule has 0 atom stereocenters. The van der Waals surface area contributed by atoms with Crippen LogP contribution in [0.4, 0.5) is 13.2 Å². The van der Waals surface area contributed by atoms with Gasteiger partial charge in [0.2, 0.25) is 0 Å². The van der Waals surface area contributed by atoms with Gasteiger partial charge in [-0.05, 0) is 61.7 Å². The summed E-state index contributed by atoms with van der Waals surface area (Å²) in [5.74, 6) is -0.0487. The number of hydrogen-bond acceptors (Lipinski definition) is 3. The lowest BCUT2D eigenvalue weighted by Gasteiger charge is -2.23. The molecule has 1 saturated heterocycles. The highest BCUT2D eigenvalue weighted by Crippen LogP contribution is 2.38. The van der Waals surface area contributed by atoms with Gasteiger partial charge in [-0.3, -0.25) is 0 Å². The first-order chi connectivity index (χ1) is 12.8. The van der Waals surface area contributed by atoms with Crippen LogP contribution in [-0.4, -0.2) is 26.1 Å². The van der Waals surface area contributed by atoms with E-state index < -0.39 is 6.36 Å². The number of rotatable bonds is 5. The van der Waals surface area contributed by atoms with Crippen LogP contribution in [-0.2, 0) is 0 Å². The Morgan fingerprint density at radius 2 is 1.74 bits per heavy atom. The van der Waals surface area contributed by atoms with Crippen molar-refractivity contribution in [2.24, 2.45) is 5.92 Å². The molecule has 1 N–H and O–H groups in total. The molecule has 0 radical (unpaired) electrons. The Balaban J connectivity index is 1.88. The van der Waals surface area contributed by atoms with E-state index in [-0.39, 0.29) is 17.4 Å². The largest absolute Gasteiger partial charge is 0.573 e. The van der Waals surface area contributed by atoms with Crippen LogP contribution in [0.25, 0.3) is 11.1 Å². The van der Waals surface area contributed by atoms with Crippen molar-refractivity contribution in [3.63, 3.8) is 0 Å². The molecule has 2 aromatic carbocycles. The second kappa shape index (κ2) is 8.59. The van der Waals surface area contributed by atoms with E-state index >= 15 is 0 Å². The molecule has 0 unspecified atom stereocenters. The van der Waals surface area contributed by atoms with E-state index in [0.29, 0.717) is 27.8 Å². The lowest BCUT2D eigenvalue weighted by atomic mass is 9.99. The summed E-state index contributed by atoms with van der Waals surface area (Å²) in [6, 6.07) is 9.21. The van der Waals surface area contributed by atoms with Crippen LogP contribution in [0.15, 0.2) is 36.4 Å². The van der Waals surface area contributed by atoms with Gasteiger partial charge < -0.3 is 14.8 Å². The summed E-state index contributed by atoms with van der Waals surface area (Å²) in [7, 11) is 0. The number of hydrogen-bond donors (Lipinski definition) is 1. The van der Waals surface area contributed by atoms with Crippen LogP contribution in [0.1, 0.15) is 12.8 Å². The highest BCUT2D eigenvalue weighted by atomic mass is 35.5. The second-order valence-electron chi connectivity index (χ2n) is 6.34. The molecule has 2 aromatic rings. The van der Waals surface area contributed by atoms with Crippen molar-refractivity contribution < 1.29 is 22.6 Å². The van der Waals surface area contributed by atoms with Crippen LogP contribution in [0.5, 0.6) is 11.5 Å². The smallest absolute Gasteiger partial charge is 0.489 e. The lowest BCUT2D eigenvalue weighted by Crippen LogP contribution is -2.30. The molecule has 3 rings (SSSR count). The molecule has 1 aliphatic heterocycles. The lowest BCUT2D eigenvalue weighted by molar-refractivity contribution is -0.275. The van der Waals surface area contributed by atoms with E-state index in [2.05, 4.69) is 10.1 Å². The monoisotopic (exact) mass is 419 g/mol. The SMILES string of the molecule is FC(F)(F)Oc1ccc(-c2ccc(Cl)cc2Cl)cc1OCC1CCNCC1. The molecule has 0 aromatic heterocycles. The molecular formula is C19H18Cl2F3NO2. The molecule has 0 bridgehead atoms. The fourth-order valence-corrected chi connectivity index (χ4v) is 3.49. The zero-order valence-electron chi connectivity index (χ0n) is 14.3. The van der Waals surface area contributed by atoms with Crippen molar-refractivity contribution in [3.05, 3.63) is 46.4 Å². The third-order valence-electron chi connectivity index (χ3n) is 4.34. The number of piperidine rings is 1. The van der Waals surface area contributed by atoms with E-state index in [9.17, 15) is 13.2 Å². The number of alkyl halides is 3. The predicted octanol–water partition coefficient (Wildman–Crippen LogP) is 5.94. The number of halogens is 5. The number of benzene rings is 2. The van der Waals surface area contributed by atoms with Gasteiger partial charge in [0.15, 0.2) is 11.5 Å². The van der Waals surface area contributed by atoms with E-state index in [4.69, 9.17) is 27.9 Å². The maximum atomic E-state index is 12.7. The van der Waals surface area contributed by atoms with E-state index in [1.54, 1.807) is 18.2 Å². The van der Waals surface area contributed by atoms with Gasteiger partial charge in [-0.25, -0.2) is 0 Å². The second-order valence-corrected chi connectivity index (χ2v) is 7.18. The summed E-state index contributed by atoms with van der Waals surface area (Å²) in [6.45, 7) is 2.08. The van der Waals surface area contributed by atoms with Crippen LogP contribution in [0.3, 0.4) is 0 Å². The van der Waals surface area contributed by atoms with Crippen LogP contribution in [0.2, 0.25) is 10.0 Å². The molecule has 0 saturated carbocycles. The maximum Gasteiger partial charge on any atom is 0.573 e. The first-order valence-corrected chi connectivity index (χ1v) is 9.26. The van der Waals surface area contributed by atoms with Crippen molar-refractivity contribution >= 4 is 23.2 Å². The number of ether oxygens (including phenoxy) is 2. The van der Waals surface area contributed by atoms with Gasteiger partial charge in [0.05, 0.1) is 6.61 Å². The summed E-state index contributed by atoms with van der Waals surface area (Å²) >= 11 is 12.1. The average Bonchev–Trinajstić information content (AvgIpc) is 2.61. The minimum atomic E-state index is -4.80. The Labute approximate surface area is 165 Å². The van der Waals surface area contributed by atoms with Crippen LogP contribution < -0.4 is 14.8 Å². The molecule has 27 heavy (non-hydrogen) atoms. The number of nitrogens with one attached hydrogen (secondary N) is 1. The predicted molar refractivity (Wildman–Crippen MR) is 99.7 cm³/mol. The van der Waals surface area contributed by atoms with Gasteiger partial charge in [-0.15, -0.1) is 13.2 Å². The van der Waals surface area contributed by atoms with Gasteiger partial charge in [-0.2, -0.15) is 0 Å². The van der Waals surface area contributed by atoms with Gasteiger partial charge in [0.25, 0.3) is 0 Å². The Bertz CT molecular complexity index is 793. The van der Waals surface area contributed by atoms with E-state index in [0.717, 1.165) is 25.9 Å². The summed E-state index contributed by atoms with van der Waals surface area (Å²) < 4.78 is 48.0. The highest BCUT2D eigenvalue weighted by Gasteiger charge is 2.32. The Kier molecular flexibility index (Phi) is 6.40. The first-order valence-electron chi connectivity index (χ1n) is 8.50. The summed E-state index contributed by atoms with van der Waals surface area (Å²) in [6.07, 6.45) is -2.97.